The molecule has 24 heavy (non-hydrogen) atoms. The highest BCUT2D eigenvalue weighted by molar-refractivity contribution is 14.0. The molecule has 0 amide bonds. The molecule has 6 nitrogen and oxygen atoms in total. The fourth-order valence-electron chi connectivity index (χ4n) is 3.06. The molecule has 1 aromatic rings. The number of nitrogens with one attached hydrogen (secondary N) is 2. The van der Waals surface area contributed by atoms with E-state index < -0.39 is 10.8 Å². The van der Waals surface area contributed by atoms with E-state index in [1.54, 1.807) is 7.05 Å². The van der Waals surface area contributed by atoms with Gasteiger partial charge in [-0.25, -0.2) is 0 Å². The molecule has 138 valence electrons. The van der Waals surface area contributed by atoms with E-state index in [0.29, 0.717) is 17.8 Å². The Bertz CT molecular complexity index is 557. The van der Waals surface area contributed by atoms with E-state index in [1.165, 1.54) is 0 Å². The molecular weight excluding hydrogens is 439 g/mol. The van der Waals surface area contributed by atoms with Crippen LogP contribution in [0.2, 0.25) is 0 Å². The van der Waals surface area contributed by atoms with Crippen LogP contribution in [0.1, 0.15) is 49.6 Å². The third kappa shape index (κ3) is 5.72. The average molecular weight is 468 g/mol. The zero-order valence-electron chi connectivity index (χ0n) is 14.9. The Kier molecular flexibility index (Phi) is 9.25. The fourth-order valence-corrected chi connectivity index (χ4v) is 4.41. The molecule has 1 aliphatic carbocycles. The van der Waals surface area contributed by atoms with Crippen LogP contribution in [0.3, 0.4) is 0 Å². The van der Waals surface area contributed by atoms with Crippen molar-refractivity contribution in [3.05, 3.63) is 17.0 Å². The van der Waals surface area contributed by atoms with E-state index in [2.05, 4.69) is 20.8 Å². The summed E-state index contributed by atoms with van der Waals surface area (Å²) in [6.07, 6.45) is 4.24. The van der Waals surface area contributed by atoms with Crippen molar-refractivity contribution in [2.75, 3.05) is 12.8 Å². The molecule has 0 saturated heterocycles. The van der Waals surface area contributed by atoms with Crippen molar-refractivity contribution in [1.82, 2.24) is 15.8 Å². The minimum absolute atomic E-state index is 0. The average Bonchev–Trinajstić information content (AvgIpc) is 2.89. The molecule has 2 N–H and O–H groups in total. The number of halogens is 1. The molecular formula is C16H29IN4O2S. The fraction of sp³-hybridized carbons (Fsp3) is 0.750. The van der Waals surface area contributed by atoms with Gasteiger partial charge in [0.05, 0.1) is 5.69 Å². The second kappa shape index (κ2) is 10.4. The molecule has 1 fully saturated rings. The van der Waals surface area contributed by atoms with Gasteiger partial charge in [-0.05, 0) is 33.1 Å². The first-order valence-electron chi connectivity index (χ1n) is 8.31. The number of hydrogen-bond acceptors (Lipinski definition) is 4. The molecule has 0 aliphatic heterocycles. The third-order valence-corrected chi connectivity index (χ3v) is 6.20. The molecule has 1 aliphatic rings. The SMILES string of the molecule is CCS(=O)C1CCCC(NC(=NC)NCc2c(C)noc2C)C1.I. The standard InChI is InChI=1S/C16H28N4O2S.HI/c1-5-23(21)14-8-6-7-13(9-14)19-16(17-4)18-10-15-11(2)20-22-12(15)3;/h13-14H,5-10H2,1-4H3,(H2,17,18,19);1H. The first-order chi connectivity index (χ1) is 11.0. The van der Waals surface area contributed by atoms with Crippen LogP contribution in [0.15, 0.2) is 9.52 Å². The predicted octanol–water partition coefficient (Wildman–Crippen LogP) is 2.65. The highest BCUT2D eigenvalue weighted by Gasteiger charge is 2.26. The lowest BCUT2D eigenvalue weighted by Gasteiger charge is -2.30. The first kappa shape index (κ1) is 21.4. The van der Waals surface area contributed by atoms with Gasteiger partial charge in [-0.15, -0.1) is 24.0 Å². The maximum Gasteiger partial charge on any atom is 0.191 e. The van der Waals surface area contributed by atoms with Gasteiger partial charge in [0.25, 0.3) is 0 Å². The minimum Gasteiger partial charge on any atom is -0.361 e. The zero-order valence-corrected chi connectivity index (χ0v) is 18.1. The van der Waals surface area contributed by atoms with Crippen molar-refractivity contribution in [2.45, 2.75) is 64.3 Å². The number of rotatable bonds is 5. The van der Waals surface area contributed by atoms with Crippen LogP contribution in [0.25, 0.3) is 0 Å². The van der Waals surface area contributed by atoms with Crippen molar-refractivity contribution in [3.63, 3.8) is 0 Å². The Morgan fingerprint density at radius 3 is 2.75 bits per heavy atom. The second-order valence-corrected chi connectivity index (χ2v) is 8.03. The van der Waals surface area contributed by atoms with Gasteiger partial charge >= 0.3 is 0 Å². The lowest BCUT2D eigenvalue weighted by molar-refractivity contribution is 0.392. The molecule has 2 rings (SSSR count). The Labute approximate surface area is 164 Å². The molecule has 0 spiro atoms. The van der Waals surface area contributed by atoms with E-state index in [-0.39, 0.29) is 24.0 Å². The number of aryl methyl sites for hydroxylation is 2. The summed E-state index contributed by atoms with van der Waals surface area (Å²) >= 11 is 0. The maximum atomic E-state index is 12.0. The van der Waals surface area contributed by atoms with Crippen LogP contribution >= 0.6 is 24.0 Å². The van der Waals surface area contributed by atoms with Crippen molar-refractivity contribution in [1.29, 1.82) is 0 Å². The number of guanidine groups is 1. The Morgan fingerprint density at radius 2 is 2.17 bits per heavy atom. The Balaban J connectivity index is 0.00000288. The van der Waals surface area contributed by atoms with E-state index >= 15 is 0 Å². The summed E-state index contributed by atoms with van der Waals surface area (Å²) in [6, 6.07) is 0.333. The highest BCUT2D eigenvalue weighted by Crippen LogP contribution is 2.23. The normalized spacial score (nSPS) is 22.6. The summed E-state index contributed by atoms with van der Waals surface area (Å²) in [5.41, 5.74) is 1.98. The largest absolute Gasteiger partial charge is 0.361 e. The summed E-state index contributed by atoms with van der Waals surface area (Å²) in [5, 5.41) is 11.1. The van der Waals surface area contributed by atoms with Crippen molar-refractivity contribution >= 4 is 40.7 Å². The van der Waals surface area contributed by atoms with Crippen LogP contribution < -0.4 is 10.6 Å². The Hall–Kier alpha value is -0.640. The third-order valence-electron chi connectivity index (χ3n) is 4.46. The van der Waals surface area contributed by atoms with E-state index in [0.717, 1.165) is 54.4 Å². The molecule has 1 saturated carbocycles. The number of nitrogens with zero attached hydrogens (tertiary/aromatic N) is 2. The Morgan fingerprint density at radius 1 is 1.42 bits per heavy atom. The number of aromatic nitrogens is 1. The van der Waals surface area contributed by atoms with Gasteiger partial charge in [-0.1, -0.05) is 18.5 Å². The van der Waals surface area contributed by atoms with Crippen LogP contribution in [0.5, 0.6) is 0 Å². The molecule has 0 bridgehead atoms. The second-order valence-electron chi connectivity index (χ2n) is 6.03. The zero-order chi connectivity index (χ0) is 16.8. The minimum atomic E-state index is -0.706. The number of hydrogen-bond donors (Lipinski definition) is 2. The van der Waals surface area contributed by atoms with Crippen molar-refractivity contribution in [2.24, 2.45) is 4.99 Å². The highest BCUT2D eigenvalue weighted by atomic mass is 127. The maximum absolute atomic E-state index is 12.0. The van der Waals surface area contributed by atoms with E-state index in [4.69, 9.17) is 4.52 Å². The lowest BCUT2D eigenvalue weighted by Crippen LogP contribution is -2.46. The van der Waals surface area contributed by atoms with Gasteiger partial charge in [0.2, 0.25) is 0 Å². The molecule has 0 radical (unpaired) electrons. The predicted molar refractivity (Wildman–Crippen MR) is 109 cm³/mol. The quantitative estimate of drug-likeness (QED) is 0.395. The molecule has 3 atom stereocenters. The molecule has 1 aromatic heterocycles. The summed E-state index contributed by atoms with van der Waals surface area (Å²) < 4.78 is 17.2. The summed E-state index contributed by atoms with van der Waals surface area (Å²) in [4.78, 5) is 4.30. The topological polar surface area (TPSA) is 79.5 Å². The number of aliphatic imine (C=N–C) groups is 1. The molecule has 8 heteroatoms. The molecule has 1 heterocycles. The smallest absolute Gasteiger partial charge is 0.191 e. The van der Waals surface area contributed by atoms with Gasteiger partial charge in [0, 0.05) is 47.0 Å². The van der Waals surface area contributed by atoms with Crippen LogP contribution in [0, 0.1) is 13.8 Å². The molecule has 0 aromatic carbocycles. The summed E-state index contributed by atoms with van der Waals surface area (Å²) in [6.45, 7) is 6.49. The van der Waals surface area contributed by atoms with Crippen molar-refractivity contribution in [3.8, 4) is 0 Å². The van der Waals surface area contributed by atoms with Gasteiger partial charge in [0.1, 0.15) is 5.76 Å². The van der Waals surface area contributed by atoms with Crippen LogP contribution in [-0.2, 0) is 17.3 Å². The van der Waals surface area contributed by atoms with Gasteiger partial charge < -0.3 is 15.2 Å². The van der Waals surface area contributed by atoms with E-state index in [9.17, 15) is 4.21 Å². The molecule has 3 unspecified atom stereocenters. The lowest BCUT2D eigenvalue weighted by atomic mass is 9.95. The summed E-state index contributed by atoms with van der Waals surface area (Å²) in [7, 11) is 1.06. The van der Waals surface area contributed by atoms with Gasteiger partial charge in [0.15, 0.2) is 5.96 Å². The van der Waals surface area contributed by atoms with Crippen LogP contribution in [0.4, 0.5) is 0 Å². The van der Waals surface area contributed by atoms with Gasteiger partial charge in [-0.2, -0.15) is 0 Å². The van der Waals surface area contributed by atoms with Crippen LogP contribution in [-0.4, -0.2) is 39.4 Å². The van der Waals surface area contributed by atoms with Crippen molar-refractivity contribution < 1.29 is 8.73 Å². The summed E-state index contributed by atoms with van der Waals surface area (Å²) in [5.74, 6) is 2.36. The van der Waals surface area contributed by atoms with Gasteiger partial charge in [-0.3, -0.25) is 9.20 Å². The first-order valence-corrected chi connectivity index (χ1v) is 9.69. The van der Waals surface area contributed by atoms with E-state index in [1.807, 2.05) is 20.8 Å². The monoisotopic (exact) mass is 468 g/mol.